The summed E-state index contributed by atoms with van der Waals surface area (Å²) in [5, 5.41) is 15.5. The summed E-state index contributed by atoms with van der Waals surface area (Å²) in [5.74, 6) is 0.491. The molecule has 1 N–H and O–H groups in total. The Kier molecular flexibility index (Phi) is 4.58. The third kappa shape index (κ3) is 3.67. The van der Waals surface area contributed by atoms with Gasteiger partial charge in [-0.1, -0.05) is 48.5 Å². The third-order valence-corrected chi connectivity index (χ3v) is 4.42. The second-order valence-corrected chi connectivity index (χ2v) is 6.24. The highest BCUT2D eigenvalue weighted by molar-refractivity contribution is 6.36. The van der Waals surface area contributed by atoms with Crippen LogP contribution < -0.4 is 9.75 Å². The van der Waals surface area contributed by atoms with E-state index in [0.717, 1.165) is 17.0 Å². The summed E-state index contributed by atoms with van der Waals surface area (Å²) in [4.78, 5) is 11.4. The van der Waals surface area contributed by atoms with Gasteiger partial charge in [-0.25, -0.2) is 4.79 Å². The number of carbonyl (C=O) groups is 1. The molecule has 0 fully saturated rings. The van der Waals surface area contributed by atoms with Crippen molar-refractivity contribution in [3.63, 3.8) is 0 Å². The SMILES string of the molecule is O=C(O)C1=NN(c2ccc(Oc3ccccc3)cc2)[C@@H](c2ccccc2)C1. The van der Waals surface area contributed by atoms with Crippen LogP contribution in [0.15, 0.2) is 90.0 Å². The monoisotopic (exact) mass is 358 g/mol. The van der Waals surface area contributed by atoms with Crippen LogP contribution in [-0.2, 0) is 4.79 Å². The Morgan fingerprint density at radius 3 is 2.11 bits per heavy atom. The number of hydrogen-bond acceptors (Lipinski definition) is 4. The van der Waals surface area contributed by atoms with Gasteiger partial charge < -0.3 is 9.84 Å². The van der Waals surface area contributed by atoms with E-state index in [-0.39, 0.29) is 11.8 Å². The minimum Gasteiger partial charge on any atom is -0.477 e. The van der Waals surface area contributed by atoms with Crippen LogP contribution in [0.1, 0.15) is 18.0 Å². The van der Waals surface area contributed by atoms with E-state index >= 15 is 0 Å². The summed E-state index contributed by atoms with van der Waals surface area (Å²) in [6.45, 7) is 0. The molecule has 5 heteroatoms. The molecule has 0 bridgehead atoms. The Labute approximate surface area is 157 Å². The topological polar surface area (TPSA) is 62.1 Å². The molecule has 1 heterocycles. The Morgan fingerprint density at radius 2 is 1.48 bits per heavy atom. The lowest BCUT2D eigenvalue weighted by Crippen LogP contribution is -2.18. The number of ether oxygens (including phenoxy) is 1. The number of hydrogen-bond donors (Lipinski definition) is 1. The molecule has 3 aromatic carbocycles. The van der Waals surface area contributed by atoms with Gasteiger partial charge in [0.1, 0.15) is 17.2 Å². The summed E-state index contributed by atoms with van der Waals surface area (Å²) in [7, 11) is 0. The zero-order valence-corrected chi connectivity index (χ0v) is 14.5. The van der Waals surface area contributed by atoms with Gasteiger partial charge in [-0.05, 0) is 42.0 Å². The van der Waals surface area contributed by atoms with Gasteiger partial charge in [0.05, 0.1) is 11.7 Å². The van der Waals surface area contributed by atoms with E-state index in [1.807, 2.05) is 84.9 Å². The smallest absolute Gasteiger partial charge is 0.352 e. The second-order valence-electron chi connectivity index (χ2n) is 6.24. The van der Waals surface area contributed by atoms with Crippen molar-refractivity contribution in [2.75, 3.05) is 5.01 Å². The van der Waals surface area contributed by atoms with Crippen LogP contribution >= 0.6 is 0 Å². The molecule has 27 heavy (non-hydrogen) atoms. The lowest BCUT2D eigenvalue weighted by atomic mass is 10.0. The molecule has 0 spiro atoms. The van der Waals surface area contributed by atoms with Gasteiger partial charge in [0.2, 0.25) is 0 Å². The number of carboxylic acids is 1. The number of aliphatic carboxylic acids is 1. The Balaban J connectivity index is 1.60. The summed E-state index contributed by atoms with van der Waals surface area (Å²) < 4.78 is 5.82. The van der Waals surface area contributed by atoms with Crippen molar-refractivity contribution in [3.8, 4) is 11.5 Å². The van der Waals surface area contributed by atoms with Gasteiger partial charge >= 0.3 is 5.97 Å². The van der Waals surface area contributed by atoms with Crippen molar-refractivity contribution in [3.05, 3.63) is 90.5 Å². The number of nitrogens with zero attached hydrogens (tertiary/aromatic N) is 2. The largest absolute Gasteiger partial charge is 0.477 e. The summed E-state index contributed by atoms with van der Waals surface area (Å²) in [6, 6.07) is 26.7. The predicted octanol–water partition coefficient (Wildman–Crippen LogP) is 4.87. The molecule has 5 nitrogen and oxygen atoms in total. The predicted molar refractivity (Wildman–Crippen MR) is 104 cm³/mol. The van der Waals surface area contributed by atoms with Crippen LogP contribution in [0.5, 0.6) is 11.5 Å². The van der Waals surface area contributed by atoms with Crippen LogP contribution in [0.25, 0.3) is 0 Å². The van der Waals surface area contributed by atoms with Gasteiger partial charge in [-0.15, -0.1) is 0 Å². The molecule has 1 aliphatic heterocycles. The fourth-order valence-electron chi connectivity index (χ4n) is 3.10. The lowest BCUT2D eigenvalue weighted by Gasteiger charge is -2.24. The quantitative estimate of drug-likeness (QED) is 0.707. The summed E-state index contributed by atoms with van der Waals surface area (Å²) in [5.41, 5.74) is 2.01. The zero-order chi connectivity index (χ0) is 18.6. The molecule has 0 saturated carbocycles. The maximum absolute atomic E-state index is 11.4. The van der Waals surface area contributed by atoms with E-state index < -0.39 is 5.97 Å². The fourth-order valence-corrected chi connectivity index (χ4v) is 3.10. The molecular weight excluding hydrogens is 340 g/mol. The summed E-state index contributed by atoms with van der Waals surface area (Å²) in [6.07, 6.45) is 0.363. The van der Waals surface area contributed by atoms with Crippen LogP contribution in [0, 0.1) is 0 Å². The molecule has 134 valence electrons. The molecule has 0 aliphatic carbocycles. The van der Waals surface area contributed by atoms with Crippen molar-refractivity contribution >= 4 is 17.4 Å². The summed E-state index contributed by atoms with van der Waals surface area (Å²) >= 11 is 0. The fraction of sp³-hybridized carbons (Fsp3) is 0.0909. The van der Waals surface area contributed by atoms with E-state index in [9.17, 15) is 9.90 Å². The van der Waals surface area contributed by atoms with E-state index in [1.54, 1.807) is 5.01 Å². The van der Waals surface area contributed by atoms with Gasteiger partial charge in [-0.3, -0.25) is 5.01 Å². The number of hydrazone groups is 1. The molecule has 1 atom stereocenters. The van der Waals surface area contributed by atoms with Crippen molar-refractivity contribution in [1.29, 1.82) is 0 Å². The van der Waals surface area contributed by atoms with Gasteiger partial charge in [0.15, 0.2) is 0 Å². The average molecular weight is 358 g/mol. The number of benzene rings is 3. The molecule has 0 radical (unpaired) electrons. The Morgan fingerprint density at radius 1 is 0.889 bits per heavy atom. The van der Waals surface area contributed by atoms with Crippen LogP contribution in [-0.4, -0.2) is 16.8 Å². The maximum atomic E-state index is 11.4. The molecule has 3 aromatic rings. The van der Waals surface area contributed by atoms with E-state index in [4.69, 9.17) is 4.74 Å². The maximum Gasteiger partial charge on any atom is 0.352 e. The first-order chi connectivity index (χ1) is 13.2. The highest BCUT2D eigenvalue weighted by Crippen LogP contribution is 2.36. The average Bonchev–Trinajstić information content (AvgIpc) is 3.16. The van der Waals surface area contributed by atoms with E-state index in [2.05, 4.69) is 5.10 Å². The normalized spacial score (nSPS) is 16.1. The van der Waals surface area contributed by atoms with Gasteiger partial charge in [-0.2, -0.15) is 5.10 Å². The second kappa shape index (κ2) is 7.33. The minimum absolute atomic E-state index is 0.141. The Bertz CT molecular complexity index is 954. The molecule has 1 aliphatic rings. The first-order valence-electron chi connectivity index (χ1n) is 8.68. The van der Waals surface area contributed by atoms with Crippen molar-refractivity contribution in [1.82, 2.24) is 0 Å². The van der Waals surface area contributed by atoms with E-state index in [1.165, 1.54) is 0 Å². The first kappa shape index (κ1) is 16.8. The van der Waals surface area contributed by atoms with Gasteiger partial charge in [0.25, 0.3) is 0 Å². The Hall–Kier alpha value is -3.60. The van der Waals surface area contributed by atoms with Crippen molar-refractivity contribution < 1.29 is 14.6 Å². The minimum atomic E-state index is -0.984. The zero-order valence-electron chi connectivity index (χ0n) is 14.5. The van der Waals surface area contributed by atoms with Crippen molar-refractivity contribution in [2.45, 2.75) is 12.5 Å². The molecule has 0 unspecified atom stereocenters. The van der Waals surface area contributed by atoms with Crippen LogP contribution in [0.4, 0.5) is 5.69 Å². The molecule has 0 aromatic heterocycles. The van der Waals surface area contributed by atoms with Crippen LogP contribution in [0.2, 0.25) is 0 Å². The van der Waals surface area contributed by atoms with Gasteiger partial charge in [0, 0.05) is 6.42 Å². The van der Waals surface area contributed by atoms with Crippen LogP contribution in [0.3, 0.4) is 0 Å². The standard InChI is InChI=1S/C22H18N2O3/c25-22(26)20-15-21(16-7-3-1-4-8-16)24(23-20)17-11-13-19(14-12-17)27-18-9-5-2-6-10-18/h1-14,21H,15H2,(H,25,26)/t21-/m1/s1. The lowest BCUT2D eigenvalue weighted by molar-refractivity contribution is -0.129. The molecular formula is C22H18N2O3. The highest BCUT2D eigenvalue weighted by atomic mass is 16.5. The third-order valence-electron chi connectivity index (χ3n) is 4.42. The van der Waals surface area contributed by atoms with Crippen molar-refractivity contribution in [2.24, 2.45) is 5.10 Å². The number of rotatable bonds is 5. The first-order valence-corrected chi connectivity index (χ1v) is 8.68. The number of para-hydroxylation sites is 1. The number of carboxylic acid groups (broad SMARTS) is 1. The molecule has 4 rings (SSSR count). The molecule has 0 saturated heterocycles. The van der Waals surface area contributed by atoms with E-state index in [0.29, 0.717) is 12.2 Å². The number of anilines is 1. The highest BCUT2D eigenvalue weighted by Gasteiger charge is 2.32. The molecule has 0 amide bonds.